The Bertz CT molecular complexity index is 540. The fourth-order valence-corrected chi connectivity index (χ4v) is 4.44. The number of sulfonamides is 1. The average molecular weight is 319 g/mol. The normalized spacial score (nSPS) is 13.2. The van der Waals surface area contributed by atoms with Crippen molar-refractivity contribution in [2.24, 2.45) is 5.41 Å². The maximum atomic E-state index is 12.3. The lowest BCUT2D eigenvalue weighted by Crippen LogP contribution is -2.32. The molecule has 0 bridgehead atoms. The molecule has 4 nitrogen and oxygen atoms in total. The molecule has 0 aliphatic carbocycles. The molecule has 0 spiro atoms. The lowest BCUT2D eigenvalue weighted by Gasteiger charge is -2.18. The Morgan fingerprint density at radius 2 is 1.90 bits per heavy atom. The van der Waals surface area contributed by atoms with Gasteiger partial charge in [-0.25, -0.2) is 13.1 Å². The SMILES string of the molecule is Cc1sc(CNC(C)C)cc1S(=O)(=O)NCC(C)(C)C. The number of hydrogen-bond acceptors (Lipinski definition) is 4. The molecule has 1 heterocycles. The predicted octanol–water partition coefficient (Wildman–Crippen LogP) is 2.88. The second-order valence-electron chi connectivity index (χ2n) is 6.55. The van der Waals surface area contributed by atoms with Gasteiger partial charge < -0.3 is 5.32 Å². The van der Waals surface area contributed by atoms with E-state index in [9.17, 15) is 8.42 Å². The number of hydrogen-bond donors (Lipinski definition) is 2. The smallest absolute Gasteiger partial charge is 0.241 e. The summed E-state index contributed by atoms with van der Waals surface area (Å²) in [5.41, 5.74) is -0.0704. The van der Waals surface area contributed by atoms with Gasteiger partial charge in [-0.05, 0) is 18.4 Å². The summed E-state index contributed by atoms with van der Waals surface area (Å²) in [6.45, 7) is 13.2. The van der Waals surface area contributed by atoms with Crippen molar-refractivity contribution in [3.05, 3.63) is 15.8 Å². The van der Waals surface area contributed by atoms with Crippen LogP contribution in [0.4, 0.5) is 0 Å². The highest BCUT2D eigenvalue weighted by molar-refractivity contribution is 7.89. The maximum Gasteiger partial charge on any atom is 0.241 e. The molecule has 1 aromatic rings. The summed E-state index contributed by atoms with van der Waals surface area (Å²) in [5, 5.41) is 3.31. The van der Waals surface area contributed by atoms with E-state index in [2.05, 4.69) is 23.9 Å². The first-order chi connectivity index (χ1) is 9.01. The van der Waals surface area contributed by atoms with Gasteiger partial charge in [0.15, 0.2) is 0 Å². The van der Waals surface area contributed by atoms with Gasteiger partial charge in [0.2, 0.25) is 10.0 Å². The molecule has 116 valence electrons. The van der Waals surface area contributed by atoms with E-state index >= 15 is 0 Å². The lowest BCUT2D eigenvalue weighted by molar-refractivity contribution is 0.407. The van der Waals surface area contributed by atoms with Crippen molar-refractivity contribution < 1.29 is 8.42 Å². The van der Waals surface area contributed by atoms with E-state index in [1.807, 2.05) is 27.7 Å². The first-order valence-corrected chi connectivity index (χ1v) is 9.13. The van der Waals surface area contributed by atoms with Crippen LogP contribution in [0, 0.1) is 12.3 Å². The van der Waals surface area contributed by atoms with Gasteiger partial charge >= 0.3 is 0 Å². The highest BCUT2D eigenvalue weighted by Gasteiger charge is 2.22. The first-order valence-electron chi connectivity index (χ1n) is 6.83. The van der Waals surface area contributed by atoms with E-state index in [0.29, 0.717) is 24.0 Å². The van der Waals surface area contributed by atoms with E-state index in [4.69, 9.17) is 0 Å². The van der Waals surface area contributed by atoms with Gasteiger partial charge in [-0.2, -0.15) is 0 Å². The summed E-state index contributed by atoms with van der Waals surface area (Å²) in [6, 6.07) is 2.16. The maximum absolute atomic E-state index is 12.3. The van der Waals surface area contributed by atoms with Crippen LogP contribution in [0.1, 0.15) is 44.4 Å². The Labute approximate surface area is 127 Å². The van der Waals surface area contributed by atoms with Crippen LogP contribution in [0.2, 0.25) is 0 Å². The van der Waals surface area contributed by atoms with Crippen molar-refractivity contribution in [1.82, 2.24) is 10.0 Å². The summed E-state index contributed by atoms with van der Waals surface area (Å²) < 4.78 is 27.3. The fraction of sp³-hybridized carbons (Fsp3) is 0.714. The summed E-state index contributed by atoms with van der Waals surface area (Å²) >= 11 is 1.53. The van der Waals surface area contributed by atoms with Gasteiger partial charge in [-0.3, -0.25) is 0 Å². The van der Waals surface area contributed by atoms with Crippen molar-refractivity contribution >= 4 is 21.4 Å². The molecule has 1 aromatic heterocycles. The molecule has 0 aliphatic heterocycles. The Morgan fingerprint density at radius 3 is 2.40 bits per heavy atom. The second kappa shape index (κ2) is 6.56. The minimum atomic E-state index is -3.41. The molecule has 0 saturated heterocycles. The Balaban J connectivity index is 2.85. The second-order valence-corrected chi connectivity index (χ2v) is 9.63. The van der Waals surface area contributed by atoms with Crippen LogP contribution in [-0.2, 0) is 16.6 Å². The molecule has 0 saturated carbocycles. The zero-order chi connectivity index (χ0) is 15.6. The van der Waals surface area contributed by atoms with E-state index in [-0.39, 0.29) is 5.41 Å². The summed E-state index contributed by atoms with van der Waals surface area (Å²) in [7, 11) is -3.41. The largest absolute Gasteiger partial charge is 0.310 e. The highest BCUT2D eigenvalue weighted by Crippen LogP contribution is 2.26. The monoisotopic (exact) mass is 318 g/mol. The van der Waals surface area contributed by atoms with E-state index in [1.165, 1.54) is 11.3 Å². The van der Waals surface area contributed by atoms with Crippen molar-refractivity contribution in [2.75, 3.05) is 6.54 Å². The van der Waals surface area contributed by atoms with Crippen LogP contribution in [0.15, 0.2) is 11.0 Å². The van der Waals surface area contributed by atoms with E-state index < -0.39 is 10.0 Å². The molecule has 0 amide bonds. The zero-order valence-electron chi connectivity index (χ0n) is 13.2. The third-order valence-electron chi connectivity index (χ3n) is 2.69. The molecule has 1 rings (SSSR count). The van der Waals surface area contributed by atoms with E-state index in [1.54, 1.807) is 6.07 Å². The molecule has 2 N–H and O–H groups in total. The standard InChI is InChI=1S/C14H26N2O2S2/c1-10(2)15-8-12-7-13(11(3)19-12)20(17,18)16-9-14(4,5)6/h7,10,15-16H,8-9H2,1-6H3. The van der Waals surface area contributed by atoms with Crippen LogP contribution in [0.3, 0.4) is 0 Å². The number of rotatable bonds is 6. The van der Waals surface area contributed by atoms with Crippen LogP contribution in [-0.4, -0.2) is 21.0 Å². The van der Waals surface area contributed by atoms with Gasteiger partial charge in [-0.15, -0.1) is 11.3 Å². The quantitative estimate of drug-likeness (QED) is 0.848. The molecule has 0 fully saturated rings. The predicted molar refractivity (Wildman–Crippen MR) is 85.7 cm³/mol. The van der Waals surface area contributed by atoms with Gasteiger partial charge in [-0.1, -0.05) is 34.6 Å². The number of thiophene rings is 1. The minimum absolute atomic E-state index is 0.0704. The van der Waals surface area contributed by atoms with Crippen molar-refractivity contribution in [2.45, 2.75) is 59.0 Å². The topological polar surface area (TPSA) is 58.2 Å². The van der Waals surface area contributed by atoms with Crippen LogP contribution >= 0.6 is 11.3 Å². The summed E-state index contributed by atoms with van der Waals surface area (Å²) in [6.07, 6.45) is 0. The summed E-state index contributed by atoms with van der Waals surface area (Å²) in [4.78, 5) is 2.30. The van der Waals surface area contributed by atoms with Crippen LogP contribution in [0.25, 0.3) is 0 Å². The number of nitrogens with one attached hydrogen (secondary N) is 2. The molecule has 6 heteroatoms. The molecule has 20 heavy (non-hydrogen) atoms. The van der Waals surface area contributed by atoms with Gasteiger partial charge in [0, 0.05) is 28.9 Å². The average Bonchev–Trinajstić information content (AvgIpc) is 2.65. The van der Waals surface area contributed by atoms with Crippen molar-refractivity contribution in [1.29, 1.82) is 0 Å². The zero-order valence-corrected chi connectivity index (χ0v) is 14.8. The third kappa shape index (κ3) is 5.52. The molecule has 0 unspecified atom stereocenters. The minimum Gasteiger partial charge on any atom is -0.310 e. The van der Waals surface area contributed by atoms with Gasteiger partial charge in [0.25, 0.3) is 0 Å². The third-order valence-corrected chi connectivity index (χ3v) is 5.40. The van der Waals surface area contributed by atoms with Gasteiger partial charge in [0.1, 0.15) is 0 Å². The molecular weight excluding hydrogens is 292 g/mol. The lowest BCUT2D eigenvalue weighted by atomic mass is 9.98. The van der Waals surface area contributed by atoms with E-state index in [0.717, 1.165) is 9.75 Å². The summed E-state index contributed by atoms with van der Waals surface area (Å²) in [5.74, 6) is 0. The Morgan fingerprint density at radius 1 is 1.30 bits per heavy atom. The van der Waals surface area contributed by atoms with Crippen LogP contribution in [0.5, 0.6) is 0 Å². The van der Waals surface area contributed by atoms with Gasteiger partial charge in [0.05, 0.1) is 4.90 Å². The van der Waals surface area contributed by atoms with Crippen molar-refractivity contribution in [3.63, 3.8) is 0 Å². The molecular formula is C14H26N2O2S2. The molecule has 0 aromatic carbocycles. The molecule has 0 atom stereocenters. The van der Waals surface area contributed by atoms with Crippen LogP contribution < -0.4 is 10.0 Å². The van der Waals surface area contributed by atoms with Crippen molar-refractivity contribution in [3.8, 4) is 0 Å². The number of aryl methyl sites for hydroxylation is 1. The molecule has 0 aliphatic rings. The Kier molecular flexibility index (Phi) is 5.78. The first kappa shape index (κ1) is 17.6. The fourth-order valence-electron chi connectivity index (χ4n) is 1.57. The highest BCUT2D eigenvalue weighted by atomic mass is 32.2. The molecule has 0 radical (unpaired) electrons. The Hall–Kier alpha value is -0.430.